The van der Waals surface area contributed by atoms with Crippen molar-refractivity contribution in [1.29, 1.82) is 0 Å². The van der Waals surface area contributed by atoms with Gasteiger partial charge in [-0.3, -0.25) is 0 Å². The number of aromatic nitrogens is 3. The van der Waals surface area contributed by atoms with E-state index in [0.29, 0.717) is 11.8 Å². The molecule has 0 bridgehead atoms. The molecule has 3 nitrogen and oxygen atoms in total. The summed E-state index contributed by atoms with van der Waals surface area (Å²) in [6.45, 7) is 12.5. The van der Waals surface area contributed by atoms with E-state index in [4.69, 9.17) is 0 Å². The van der Waals surface area contributed by atoms with Crippen molar-refractivity contribution in [2.45, 2.75) is 53.4 Å². The molecule has 0 saturated heterocycles. The molecular weight excluding hydrogens is 262 g/mol. The molecule has 2 heterocycles. The molecule has 0 aliphatic rings. The Hall–Kier alpha value is -0.810. The SMILES string of the molecule is Cc1nc(C(C)C)cs1.Cc1nc(C(C)C)ns1. The lowest BCUT2D eigenvalue weighted by molar-refractivity contribution is 0.795. The van der Waals surface area contributed by atoms with Crippen LogP contribution < -0.4 is 0 Å². The van der Waals surface area contributed by atoms with Gasteiger partial charge in [-0.2, -0.15) is 4.37 Å². The molecule has 100 valence electrons. The summed E-state index contributed by atoms with van der Waals surface area (Å²) in [4.78, 5) is 8.55. The van der Waals surface area contributed by atoms with E-state index < -0.39 is 0 Å². The number of hydrogen-bond donors (Lipinski definition) is 0. The summed E-state index contributed by atoms with van der Waals surface area (Å²) in [5, 5.41) is 4.34. The van der Waals surface area contributed by atoms with Crippen LogP contribution in [0.5, 0.6) is 0 Å². The van der Waals surface area contributed by atoms with Crippen molar-refractivity contribution in [3.63, 3.8) is 0 Å². The second-order valence-electron chi connectivity index (χ2n) is 4.77. The molecule has 2 aromatic heterocycles. The first-order valence-corrected chi connectivity index (χ1v) is 7.77. The van der Waals surface area contributed by atoms with Gasteiger partial charge >= 0.3 is 0 Å². The van der Waals surface area contributed by atoms with Gasteiger partial charge in [0.05, 0.1) is 10.7 Å². The highest BCUT2D eigenvalue weighted by Crippen LogP contribution is 2.16. The van der Waals surface area contributed by atoms with E-state index in [0.717, 1.165) is 10.8 Å². The Labute approximate surface area is 117 Å². The van der Waals surface area contributed by atoms with Gasteiger partial charge in [-0.05, 0) is 31.3 Å². The van der Waals surface area contributed by atoms with Crippen molar-refractivity contribution in [3.05, 3.63) is 26.9 Å². The minimum absolute atomic E-state index is 0.468. The summed E-state index contributed by atoms with van der Waals surface area (Å²) in [6.07, 6.45) is 0. The molecule has 2 aromatic rings. The molecule has 0 aliphatic carbocycles. The zero-order chi connectivity index (χ0) is 13.7. The van der Waals surface area contributed by atoms with Crippen LogP contribution >= 0.6 is 22.9 Å². The average molecular weight is 283 g/mol. The van der Waals surface area contributed by atoms with Gasteiger partial charge in [0.15, 0.2) is 0 Å². The third kappa shape index (κ3) is 4.82. The third-order valence-electron chi connectivity index (χ3n) is 2.29. The van der Waals surface area contributed by atoms with Crippen molar-refractivity contribution >= 4 is 22.9 Å². The van der Waals surface area contributed by atoms with Gasteiger partial charge in [-0.15, -0.1) is 11.3 Å². The summed E-state index contributed by atoms with van der Waals surface area (Å²) >= 11 is 3.19. The van der Waals surface area contributed by atoms with Gasteiger partial charge in [-0.25, -0.2) is 9.97 Å². The third-order valence-corrected chi connectivity index (χ3v) is 3.71. The molecule has 5 heteroatoms. The second-order valence-corrected chi connectivity index (χ2v) is 6.79. The number of rotatable bonds is 2. The Morgan fingerprint density at radius 3 is 1.83 bits per heavy atom. The average Bonchev–Trinajstić information content (AvgIpc) is 2.88. The van der Waals surface area contributed by atoms with Crippen LogP contribution in [-0.4, -0.2) is 14.3 Å². The van der Waals surface area contributed by atoms with Crippen LogP contribution in [-0.2, 0) is 0 Å². The van der Waals surface area contributed by atoms with Crippen LogP contribution in [0.3, 0.4) is 0 Å². The lowest BCUT2D eigenvalue weighted by Gasteiger charge is -1.95. The Balaban J connectivity index is 0.000000180. The maximum Gasteiger partial charge on any atom is 0.145 e. The number of aryl methyl sites for hydroxylation is 2. The van der Waals surface area contributed by atoms with Crippen molar-refractivity contribution < 1.29 is 0 Å². The lowest BCUT2D eigenvalue weighted by atomic mass is 10.2. The fourth-order valence-corrected chi connectivity index (χ4v) is 2.58. The van der Waals surface area contributed by atoms with E-state index in [-0.39, 0.29) is 0 Å². The normalized spacial score (nSPS) is 10.7. The first kappa shape index (κ1) is 15.2. The molecule has 0 unspecified atom stereocenters. The van der Waals surface area contributed by atoms with E-state index >= 15 is 0 Å². The lowest BCUT2D eigenvalue weighted by Crippen LogP contribution is -1.88. The van der Waals surface area contributed by atoms with Crippen LogP contribution in [0.2, 0.25) is 0 Å². The maximum absolute atomic E-state index is 4.33. The Kier molecular flexibility index (Phi) is 5.88. The highest BCUT2D eigenvalue weighted by Gasteiger charge is 2.03. The van der Waals surface area contributed by atoms with E-state index in [1.54, 1.807) is 11.3 Å². The fraction of sp³-hybridized carbons (Fsp3) is 0.615. The molecule has 0 saturated carbocycles. The second kappa shape index (κ2) is 6.95. The summed E-state index contributed by atoms with van der Waals surface area (Å²) < 4.78 is 4.15. The van der Waals surface area contributed by atoms with Gasteiger partial charge in [0, 0.05) is 11.3 Å². The molecule has 0 amide bonds. The van der Waals surface area contributed by atoms with E-state index in [2.05, 4.69) is 47.4 Å². The van der Waals surface area contributed by atoms with E-state index in [9.17, 15) is 0 Å². The van der Waals surface area contributed by atoms with Crippen LogP contribution in [0, 0.1) is 13.8 Å². The molecule has 0 spiro atoms. The Bertz CT molecular complexity index is 428. The van der Waals surface area contributed by atoms with Gasteiger partial charge in [0.2, 0.25) is 0 Å². The smallest absolute Gasteiger partial charge is 0.145 e. The van der Waals surface area contributed by atoms with Crippen LogP contribution in [0.4, 0.5) is 0 Å². The van der Waals surface area contributed by atoms with Crippen LogP contribution in [0.1, 0.15) is 61.1 Å². The number of nitrogens with zero attached hydrogens (tertiary/aromatic N) is 3. The zero-order valence-electron chi connectivity index (χ0n) is 11.9. The molecule has 2 rings (SSSR count). The van der Waals surface area contributed by atoms with Gasteiger partial charge in [0.25, 0.3) is 0 Å². The molecule has 0 N–H and O–H groups in total. The Morgan fingerprint density at radius 2 is 1.61 bits per heavy atom. The molecule has 0 atom stereocenters. The highest BCUT2D eigenvalue weighted by molar-refractivity contribution is 7.09. The first-order chi connectivity index (χ1) is 8.40. The van der Waals surface area contributed by atoms with Crippen molar-refractivity contribution in [3.8, 4) is 0 Å². The minimum atomic E-state index is 0.468. The maximum atomic E-state index is 4.33. The summed E-state index contributed by atoms with van der Waals surface area (Å²) in [5.74, 6) is 2.02. The predicted octanol–water partition coefficient (Wildman–Crippen LogP) is 4.54. The zero-order valence-corrected chi connectivity index (χ0v) is 13.5. The largest absolute Gasteiger partial charge is 0.246 e. The van der Waals surface area contributed by atoms with E-state index in [1.165, 1.54) is 22.2 Å². The quantitative estimate of drug-likeness (QED) is 0.812. The summed E-state index contributed by atoms with van der Waals surface area (Å²) in [6, 6.07) is 0. The minimum Gasteiger partial charge on any atom is -0.246 e. The number of hydrogen-bond acceptors (Lipinski definition) is 5. The molecule has 0 radical (unpaired) electrons. The summed E-state index contributed by atoms with van der Waals surface area (Å²) in [7, 11) is 0. The molecule has 18 heavy (non-hydrogen) atoms. The predicted molar refractivity (Wildman–Crippen MR) is 79.7 cm³/mol. The van der Waals surface area contributed by atoms with Crippen LogP contribution in [0.15, 0.2) is 5.38 Å². The topological polar surface area (TPSA) is 38.7 Å². The molecular formula is C13H21N3S2. The monoisotopic (exact) mass is 283 g/mol. The highest BCUT2D eigenvalue weighted by atomic mass is 32.1. The Morgan fingerprint density at radius 1 is 0.944 bits per heavy atom. The van der Waals surface area contributed by atoms with Crippen LogP contribution in [0.25, 0.3) is 0 Å². The van der Waals surface area contributed by atoms with Crippen molar-refractivity contribution in [1.82, 2.24) is 14.3 Å². The van der Waals surface area contributed by atoms with E-state index in [1.807, 2.05) is 13.8 Å². The van der Waals surface area contributed by atoms with Gasteiger partial charge in [-0.1, -0.05) is 27.7 Å². The standard InChI is InChI=1S/C7H11NS.C6H10N2S/c1-5(2)7-4-9-6(3)8-7;1-4(2)6-7-5(3)9-8-6/h4-5H,1-3H3;4H,1-3H3. The van der Waals surface area contributed by atoms with Crippen molar-refractivity contribution in [2.24, 2.45) is 0 Å². The molecule has 0 aromatic carbocycles. The van der Waals surface area contributed by atoms with Crippen molar-refractivity contribution in [2.75, 3.05) is 0 Å². The molecule has 0 fully saturated rings. The number of thiazole rings is 1. The van der Waals surface area contributed by atoms with Gasteiger partial charge < -0.3 is 0 Å². The van der Waals surface area contributed by atoms with Gasteiger partial charge in [0.1, 0.15) is 10.8 Å². The molecule has 0 aliphatic heterocycles. The first-order valence-electron chi connectivity index (χ1n) is 6.12. The summed E-state index contributed by atoms with van der Waals surface area (Å²) in [5.41, 5.74) is 1.22. The fourth-order valence-electron chi connectivity index (χ4n) is 1.19.